The summed E-state index contributed by atoms with van der Waals surface area (Å²) in [6.07, 6.45) is 5.62. The Bertz CT molecular complexity index is 995. The number of carbonyl (C=O) groups excluding carboxylic acids is 2. The zero-order chi connectivity index (χ0) is 21.6. The zero-order valence-corrected chi connectivity index (χ0v) is 18.3. The van der Waals surface area contributed by atoms with Crippen LogP contribution in [0.1, 0.15) is 54.1 Å². The Morgan fingerprint density at radius 2 is 2.03 bits per heavy atom. The topological polar surface area (TPSA) is 71.8 Å². The Balaban J connectivity index is 1.77. The molecule has 1 aromatic carbocycles. The van der Waals surface area contributed by atoms with Gasteiger partial charge in [-0.05, 0) is 55.5 Å². The van der Waals surface area contributed by atoms with Crippen LogP contribution >= 0.6 is 11.3 Å². The van der Waals surface area contributed by atoms with E-state index < -0.39 is 6.04 Å². The molecule has 4 rings (SSSR count). The number of anilines is 1. The monoisotopic (exact) mass is 438 g/mol. The summed E-state index contributed by atoms with van der Waals surface area (Å²) in [5.74, 6) is 0.255. The lowest BCUT2D eigenvalue weighted by Crippen LogP contribution is -2.46. The predicted octanol–water partition coefficient (Wildman–Crippen LogP) is 5.19. The first-order valence-electron chi connectivity index (χ1n) is 10.6. The van der Waals surface area contributed by atoms with Gasteiger partial charge in [-0.1, -0.05) is 25.0 Å². The maximum absolute atomic E-state index is 13.6. The number of rotatable bonds is 8. The Morgan fingerprint density at radius 1 is 1.19 bits per heavy atom. The van der Waals surface area contributed by atoms with E-state index in [1.165, 1.54) is 22.5 Å². The maximum atomic E-state index is 13.6. The van der Waals surface area contributed by atoms with E-state index in [1.54, 1.807) is 18.2 Å². The molecular formula is C24H26N2O4S. The van der Waals surface area contributed by atoms with Crippen LogP contribution in [-0.2, 0) is 4.79 Å². The molecule has 6 nitrogen and oxygen atoms in total. The van der Waals surface area contributed by atoms with E-state index in [1.807, 2.05) is 42.6 Å². The minimum absolute atomic E-state index is 0.144. The Kier molecular flexibility index (Phi) is 6.72. The third-order valence-electron chi connectivity index (χ3n) is 5.38. The third kappa shape index (κ3) is 4.82. The van der Waals surface area contributed by atoms with E-state index in [9.17, 15) is 9.59 Å². The van der Waals surface area contributed by atoms with Crippen LogP contribution in [0, 0.1) is 0 Å². The number of carbonyl (C=O) groups is 2. The maximum Gasteiger partial charge on any atom is 0.295 e. The van der Waals surface area contributed by atoms with Gasteiger partial charge in [-0.3, -0.25) is 14.5 Å². The van der Waals surface area contributed by atoms with Gasteiger partial charge in [0.15, 0.2) is 11.8 Å². The standard InChI is InChI=1S/C24H26N2O4S/c1-2-29-19-11-5-10-18(16-19)26(24(28)20-12-6-14-30-20)22(21-13-7-15-31-21)23(27)25-17-8-3-4-9-17/h5-7,10-17,22H,2-4,8-9H2,1H3,(H,25,27)/t22-/m0/s1. The van der Waals surface area contributed by atoms with E-state index in [0.717, 1.165) is 30.6 Å². The minimum atomic E-state index is -0.810. The first-order valence-corrected chi connectivity index (χ1v) is 11.5. The molecule has 1 aliphatic carbocycles. The van der Waals surface area contributed by atoms with Gasteiger partial charge in [0, 0.05) is 22.7 Å². The predicted molar refractivity (Wildman–Crippen MR) is 121 cm³/mol. The van der Waals surface area contributed by atoms with Crippen LogP contribution in [0.3, 0.4) is 0 Å². The zero-order valence-electron chi connectivity index (χ0n) is 17.5. The van der Waals surface area contributed by atoms with E-state index in [-0.39, 0.29) is 23.6 Å². The van der Waals surface area contributed by atoms with Crippen molar-refractivity contribution in [3.8, 4) is 5.75 Å². The molecule has 1 fully saturated rings. The number of benzene rings is 1. The summed E-state index contributed by atoms with van der Waals surface area (Å²) < 4.78 is 11.1. The molecule has 2 aromatic heterocycles. The van der Waals surface area contributed by atoms with Gasteiger partial charge in [0.05, 0.1) is 12.9 Å². The van der Waals surface area contributed by atoms with Crippen molar-refractivity contribution in [3.05, 3.63) is 70.8 Å². The minimum Gasteiger partial charge on any atom is -0.494 e. The van der Waals surface area contributed by atoms with Crippen molar-refractivity contribution < 1.29 is 18.7 Å². The van der Waals surface area contributed by atoms with Gasteiger partial charge in [0.2, 0.25) is 5.91 Å². The van der Waals surface area contributed by atoms with Crippen LogP contribution in [0.4, 0.5) is 5.69 Å². The molecule has 0 aliphatic heterocycles. The second-order valence-electron chi connectivity index (χ2n) is 7.49. The van der Waals surface area contributed by atoms with Crippen molar-refractivity contribution in [3.63, 3.8) is 0 Å². The molecule has 0 spiro atoms. The molecule has 3 aromatic rings. The second-order valence-corrected chi connectivity index (χ2v) is 8.47. The average molecular weight is 439 g/mol. The van der Waals surface area contributed by atoms with Gasteiger partial charge in [-0.15, -0.1) is 11.3 Å². The number of thiophene rings is 1. The van der Waals surface area contributed by atoms with Gasteiger partial charge in [-0.25, -0.2) is 0 Å². The molecule has 1 aliphatic rings. The molecule has 1 saturated carbocycles. The molecule has 1 N–H and O–H groups in total. The van der Waals surface area contributed by atoms with Crippen LogP contribution < -0.4 is 15.0 Å². The first kappa shape index (κ1) is 21.2. The van der Waals surface area contributed by atoms with Crippen molar-refractivity contribution in [2.75, 3.05) is 11.5 Å². The summed E-state index contributed by atoms with van der Waals surface area (Å²) in [5.41, 5.74) is 0.576. The molecule has 0 saturated heterocycles. The van der Waals surface area contributed by atoms with Gasteiger partial charge >= 0.3 is 0 Å². The summed E-state index contributed by atoms with van der Waals surface area (Å²) in [7, 11) is 0. The van der Waals surface area contributed by atoms with Gasteiger partial charge in [0.25, 0.3) is 5.91 Å². The number of ether oxygens (including phenoxy) is 1. The van der Waals surface area contributed by atoms with E-state index in [2.05, 4.69) is 5.32 Å². The van der Waals surface area contributed by atoms with Crippen molar-refractivity contribution in [2.24, 2.45) is 0 Å². The Hall–Kier alpha value is -3.06. The van der Waals surface area contributed by atoms with Crippen molar-refractivity contribution in [1.82, 2.24) is 5.32 Å². The molecule has 1 atom stereocenters. The first-order chi connectivity index (χ1) is 15.2. The normalized spacial score (nSPS) is 14.9. The molecular weight excluding hydrogens is 412 g/mol. The smallest absolute Gasteiger partial charge is 0.295 e. The molecule has 2 amide bonds. The lowest BCUT2D eigenvalue weighted by Gasteiger charge is -2.31. The van der Waals surface area contributed by atoms with Crippen LogP contribution in [0.5, 0.6) is 5.75 Å². The largest absolute Gasteiger partial charge is 0.494 e. The lowest BCUT2D eigenvalue weighted by atomic mass is 10.1. The number of amides is 2. The summed E-state index contributed by atoms with van der Waals surface area (Å²) in [4.78, 5) is 29.4. The fraction of sp³-hybridized carbons (Fsp3) is 0.333. The molecule has 162 valence electrons. The number of hydrogen-bond acceptors (Lipinski definition) is 5. The van der Waals surface area contributed by atoms with E-state index in [4.69, 9.17) is 9.15 Å². The summed E-state index contributed by atoms with van der Waals surface area (Å²) in [6.45, 7) is 2.41. The number of nitrogens with one attached hydrogen (secondary N) is 1. The molecule has 0 unspecified atom stereocenters. The van der Waals surface area contributed by atoms with Gasteiger partial charge in [0.1, 0.15) is 5.75 Å². The highest BCUT2D eigenvalue weighted by molar-refractivity contribution is 7.10. The van der Waals surface area contributed by atoms with Gasteiger partial charge in [-0.2, -0.15) is 0 Å². The molecule has 0 bridgehead atoms. The Labute approximate surface area is 185 Å². The van der Waals surface area contributed by atoms with Crippen LogP contribution in [0.15, 0.2) is 64.6 Å². The number of furan rings is 1. The summed E-state index contributed by atoms with van der Waals surface area (Å²) in [5, 5.41) is 5.08. The van der Waals surface area contributed by atoms with Crippen LogP contribution in [-0.4, -0.2) is 24.5 Å². The quantitative estimate of drug-likeness (QED) is 0.526. The number of nitrogens with zero attached hydrogens (tertiary/aromatic N) is 1. The van der Waals surface area contributed by atoms with Crippen molar-refractivity contribution >= 4 is 28.8 Å². The van der Waals surface area contributed by atoms with E-state index >= 15 is 0 Å². The SMILES string of the molecule is CCOc1cccc(N(C(=O)c2ccco2)[C@H](C(=O)NC2CCCC2)c2cccs2)c1. The van der Waals surface area contributed by atoms with Gasteiger partial charge < -0.3 is 14.5 Å². The number of hydrogen-bond donors (Lipinski definition) is 1. The highest BCUT2D eigenvalue weighted by atomic mass is 32.1. The van der Waals surface area contributed by atoms with Crippen molar-refractivity contribution in [1.29, 1.82) is 0 Å². The molecule has 31 heavy (non-hydrogen) atoms. The molecule has 2 heterocycles. The highest BCUT2D eigenvalue weighted by Gasteiger charge is 2.36. The Morgan fingerprint density at radius 3 is 2.71 bits per heavy atom. The summed E-state index contributed by atoms with van der Waals surface area (Å²) in [6, 6.07) is 13.6. The fourth-order valence-corrected chi connectivity index (χ4v) is 4.78. The molecule has 0 radical (unpaired) electrons. The second kappa shape index (κ2) is 9.83. The van der Waals surface area contributed by atoms with Crippen LogP contribution in [0.25, 0.3) is 0 Å². The third-order valence-corrected chi connectivity index (χ3v) is 6.30. The van der Waals surface area contributed by atoms with Crippen molar-refractivity contribution in [2.45, 2.75) is 44.7 Å². The summed E-state index contributed by atoms with van der Waals surface area (Å²) >= 11 is 1.45. The molecule has 7 heteroatoms. The average Bonchev–Trinajstić information content (AvgIpc) is 3.55. The lowest BCUT2D eigenvalue weighted by molar-refractivity contribution is -0.123. The highest BCUT2D eigenvalue weighted by Crippen LogP contribution is 2.34. The fourth-order valence-electron chi connectivity index (χ4n) is 3.96. The van der Waals surface area contributed by atoms with E-state index in [0.29, 0.717) is 18.0 Å². The van der Waals surface area contributed by atoms with Crippen LogP contribution in [0.2, 0.25) is 0 Å².